The molecule has 1 fully saturated rings. The van der Waals surface area contributed by atoms with Crippen molar-refractivity contribution in [1.29, 1.82) is 0 Å². The fraction of sp³-hybridized carbons (Fsp3) is 0.667. The molecule has 198 valence electrons. The number of aryl methyl sites for hydroxylation is 1. The Kier molecular flexibility index (Phi) is 11.4. The Hall–Kier alpha value is -1.56. The number of unbranched alkanes of at least 4 members (excludes halogenated alkanes) is 2. The van der Waals surface area contributed by atoms with Crippen LogP contribution in [0.1, 0.15) is 127 Å². The summed E-state index contributed by atoms with van der Waals surface area (Å²) in [5.41, 5.74) is 3.14. The molecule has 36 heavy (non-hydrogen) atoms. The molecule has 0 heteroatoms. The van der Waals surface area contributed by atoms with Gasteiger partial charge in [-0.05, 0) is 117 Å². The molecule has 0 heterocycles. The Morgan fingerprint density at radius 1 is 0.611 bits per heavy atom. The number of allylic oxidation sites excluding steroid dienone is 6. The minimum atomic E-state index is 0.657. The standard InChI is InChI=1S/C36H54/c1-3-5-6-8-30-21-25-35(26-22-30)36-27-23-34(24-28-36)20-19-33-17-15-32(16-18-33)14-13-31-11-9-29(7-4-2)10-12-31/h9,11,13-15,17,23-24,27-33,35H,3-8,10,12,16,18-22,25-26H2,1-2H3/b14-13+. The molecule has 4 atom stereocenters. The lowest BCUT2D eigenvalue weighted by Crippen LogP contribution is -2.13. The van der Waals surface area contributed by atoms with Crippen molar-refractivity contribution in [2.75, 3.05) is 0 Å². The van der Waals surface area contributed by atoms with Gasteiger partial charge in [-0.15, -0.1) is 0 Å². The van der Waals surface area contributed by atoms with Crippen LogP contribution in [0, 0.1) is 29.6 Å². The summed E-state index contributed by atoms with van der Waals surface area (Å²) in [5.74, 6) is 4.76. The van der Waals surface area contributed by atoms with Crippen molar-refractivity contribution in [2.24, 2.45) is 29.6 Å². The van der Waals surface area contributed by atoms with Gasteiger partial charge in [0.15, 0.2) is 0 Å². The van der Waals surface area contributed by atoms with E-state index in [1.54, 1.807) is 5.56 Å². The van der Waals surface area contributed by atoms with Gasteiger partial charge in [-0.3, -0.25) is 0 Å². The zero-order chi connectivity index (χ0) is 25.0. The Morgan fingerprint density at radius 3 is 1.81 bits per heavy atom. The van der Waals surface area contributed by atoms with E-state index in [4.69, 9.17) is 0 Å². The summed E-state index contributed by atoms with van der Waals surface area (Å²) in [6, 6.07) is 9.78. The molecule has 1 saturated carbocycles. The van der Waals surface area contributed by atoms with E-state index in [9.17, 15) is 0 Å². The Bertz CT molecular complexity index is 816. The molecule has 1 aromatic rings. The van der Waals surface area contributed by atoms with Gasteiger partial charge in [0, 0.05) is 0 Å². The molecule has 0 spiro atoms. The fourth-order valence-electron chi connectivity index (χ4n) is 7.03. The monoisotopic (exact) mass is 486 g/mol. The molecule has 3 aliphatic rings. The van der Waals surface area contributed by atoms with E-state index >= 15 is 0 Å². The third-order valence-electron chi connectivity index (χ3n) is 9.59. The summed E-state index contributed by atoms with van der Waals surface area (Å²) < 4.78 is 0. The topological polar surface area (TPSA) is 0 Å². The van der Waals surface area contributed by atoms with E-state index in [1.165, 1.54) is 108 Å². The van der Waals surface area contributed by atoms with Gasteiger partial charge in [0.1, 0.15) is 0 Å². The Morgan fingerprint density at radius 2 is 1.25 bits per heavy atom. The SMILES string of the molecule is CCCCCC1CCC(c2ccc(CCC3C=CC(/C=C/C4C=CC(CCC)CC4)CC3)cc2)CC1. The summed E-state index contributed by atoms with van der Waals surface area (Å²) in [4.78, 5) is 0. The molecule has 3 aliphatic carbocycles. The van der Waals surface area contributed by atoms with Crippen LogP contribution in [0.5, 0.6) is 0 Å². The molecule has 4 rings (SSSR count). The van der Waals surface area contributed by atoms with E-state index in [0.717, 1.165) is 23.7 Å². The van der Waals surface area contributed by atoms with Gasteiger partial charge in [0.05, 0.1) is 0 Å². The van der Waals surface area contributed by atoms with Crippen molar-refractivity contribution in [3.63, 3.8) is 0 Å². The van der Waals surface area contributed by atoms with E-state index in [1.807, 2.05) is 0 Å². The third kappa shape index (κ3) is 8.78. The number of rotatable bonds is 12. The van der Waals surface area contributed by atoms with E-state index in [2.05, 4.69) is 74.6 Å². The molecule has 0 aliphatic heterocycles. The number of benzene rings is 1. The zero-order valence-electron chi connectivity index (χ0n) is 23.6. The summed E-state index contributed by atoms with van der Waals surface area (Å²) in [5, 5.41) is 0. The zero-order valence-corrected chi connectivity index (χ0v) is 23.6. The summed E-state index contributed by atoms with van der Waals surface area (Å²) in [6.07, 6.45) is 37.0. The summed E-state index contributed by atoms with van der Waals surface area (Å²) >= 11 is 0. The maximum atomic E-state index is 2.53. The van der Waals surface area contributed by atoms with Crippen LogP contribution in [0.25, 0.3) is 0 Å². The van der Waals surface area contributed by atoms with E-state index < -0.39 is 0 Å². The van der Waals surface area contributed by atoms with E-state index in [0.29, 0.717) is 11.8 Å². The van der Waals surface area contributed by atoms with Gasteiger partial charge in [-0.25, -0.2) is 0 Å². The maximum absolute atomic E-state index is 2.53. The molecule has 0 bridgehead atoms. The second kappa shape index (κ2) is 15.0. The first-order valence-electron chi connectivity index (χ1n) is 15.9. The van der Waals surface area contributed by atoms with Gasteiger partial charge in [0.2, 0.25) is 0 Å². The molecule has 0 aromatic heterocycles. The van der Waals surface area contributed by atoms with Crippen LogP contribution in [-0.4, -0.2) is 0 Å². The molecule has 1 aromatic carbocycles. The first kappa shape index (κ1) is 27.5. The van der Waals surface area contributed by atoms with Crippen molar-refractivity contribution in [3.8, 4) is 0 Å². The van der Waals surface area contributed by atoms with Crippen LogP contribution in [0.15, 0.2) is 60.7 Å². The largest absolute Gasteiger partial charge is 0.0848 e. The maximum Gasteiger partial charge on any atom is -0.00530 e. The normalized spacial score (nSPS) is 30.7. The van der Waals surface area contributed by atoms with Crippen molar-refractivity contribution in [1.82, 2.24) is 0 Å². The highest BCUT2D eigenvalue weighted by molar-refractivity contribution is 5.26. The lowest BCUT2D eigenvalue weighted by Gasteiger charge is -2.29. The van der Waals surface area contributed by atoms with E-state index in [-0.39, 0.29) is 0 Å². The molecule has 4 unspecified atom stereocenters. The highest BCUT2D eigenvalue weighted by Crippen LogP contribution is 2.38. The van der Waals surface area contributed by atoms with Crippen molar-refractivity contribution < 1.29 is 0 Å². The van der Waals surface area contributed by atoms with Crippen LogP contribution in [0.4, 0.5) is 0 Å². The van der Waals surface area contributed by atoms with Gasteiger partial charge >= 0.3 is 0 Å². The third-order valence-corrected chi connectivity index (χ3v) is 9.59. The molecule has 0 N–H and O–H groups in total. The van der Waals surface area contributed by atoms with Crippen LogP contribution in [0.3, 0.4) is 0 Å². The van der Waals surface area contributed by atoms with Gasteiger partial charge in [-0.1, -0.05) is 107 Å². The van der Waals surface area contributed by atoms with Crippen LogP contribution >= 0.6 is 0 Å². The Labute approximate surface area is 223 Å². The first-order chi connectivity index (χ1) is 17.7. The van der Waals surface area contributed by atoms with Gasteiger partial charge < -0.3 is 0 Å². The first-order valence-corrected chi connectivity index (χ1v) is 15.9. The highest BCUT2D eigenvalue weighted by Gasteiger charge is 2.22. The summed E-state index contributed by atoms with van der Waals surface area (Å²) in [7, 11) is 0. The lowest BCUT2D eigenvalue weighted by atomic mass is 9.77. The molecule has 0 amide bonds. The second-order valence-corrected chi connectivity index (χ2v) is 12.4. The predicted octanol–water partition coefficient (Wildman–Crippen LogP) is 11.0. The van der Waals surface area contributed by atoms with Crippen molar-refractivity contribution in [3.05, 3.63) is 71.8 Å². The number of hydrogen-bond donors (Lipinski definition) is 0. The second-order valence-electron chi connectivity index (χ2n) is 12.4. The molecular formula is C36H54. The molecular weight excluding hydrogens is 432 g/mol. The van der Waals surface area contributed by atoms with Crippen LogP contribution in [0.2, 0.25) is 0 Å². The summed E-state index contributed by atoms with van der Waals surface area (Å²) in [6.45, 7) is 4.62. The molecule has 0 nitrogen and oxygen atoms in total. The van der Waals surface area contributed by atoms with Crippen molar-refractivity contribution >= 4 is 0 Å². The minimum absolute atomic E-state index is 0.657. The smallest absolute Gasteiger partial charge is 0.00530 e. The average molecular weight is 487 g/mol. The average Bonchev–Trinajstić information content (AvgIpc) is 2.93. The van der Waals surface area contributed by atoms with Crippen LogP contribution < -0.4 is 0 Å². The van der Waals surface area contributed by atoms with Crippen LogP contribution in [-0.2, 0) is 6.42 Å². The number of hydrogen-bond acceptors (Lipinski definition) is 0. The van der Waals surface area contributed by atoms with Crippen molar-refractivity contribution in [2.45, 2.75) is 122 Å². The molecule has 0 saturated heterocycles. The van der Waals surface area contributed by atoms with Gasteiger partial charge in [-0.2, -0.15) is 0 Å². The quantitative estimate of drug-likeness (QED) is 0.203. The predicted molar refractivity (Wildman–Crippen MR) is 158 cm³/mol. The highest BCUT2D eigenvalue weighted by atomic mass is 14.3. The fourth-order valence-corrected chi connectivity index (χ4v) is 7.03. The Balaban J connectivity index is 1.15. The lowest BCUT2D eigenvalue weighted by molar-refractivity contribution is 0.303. The van der Waals surface area contributed by atoms with Gasteiger partial charge in [0.25, 0.3) is 0 Å². The molecule has 0 radical (unpaired) electrons. The minimum Gasteiger partial charge on any atom is -0.0848 e.